The Bertz CT molecular complexity index is 1080. The second kappa shape index (κ2) is 10.3. The SMILES string of the molecule is N[C@H](CN1c2ccc(N3CCOCC3)cc2N(C(=O)C2CCCCC2)Cc2cccnc21)C(F)(F)F. The molecule has 2 fully saturated rings. The maximum absolute atomic E-state index is 13.9. The maximum Gasteiger partial charge on any atom is 0.405 e. The van der Waals surface area contributed by atoms with Gasteiger partial charge in [0.2, 0.25) is 5.91 Å². The number of pyridine rings is 1. The van der Waals surface area contributed by atoms with Crippen molar-refractivity contribution < 1.29 is 22.7 Å². The molecule has 1 aromatic heterocycles. The number of aromatic nitrogens is 1. The lowest BCUT2D eigenvalue weighted by molar-refractivity contribution is -0.145. The van der Waals surface area contributed by atoms with Crippen LogP contribution in [0, 0.1) is 5.92 Å². The zero-order valence-electron chi connectivity index (χ0n) is 20.2. The summed E-state index contributed by atoms with van der Waals surface area (Å²) in [6.45, 7) is 2.37. The number of hydrogen-bond acceptors (Lipinski definition) is 6. The Kier molecular flexibility index (Phi) is 7.07. The van der Waals surface area contributed by atoms with E-state index in [9.17, 15) is 18.0 Å². The van der Waals surface area contributed by atoms with Crippen molar-refractivity contribution in [1.29, 1.82) is 0 Å². The lowest BCUT2D eigenvalue weighted by Gasteiger charge is -2.34. The molecule has 0 bridgehead atoms. The van der Waals surface area contributed by atoms with Crippen molar-refractivity contribution >= 4 is 28.8 Å². The number of carbonyl (C=O) groups is 1. The molecule has 0 spiro atoms. The van der Waals surface area contributed by atoms with Crippen LogP contribution in [-0.2, 0) is 16.1 Å². The molecule has 10 heteroatoms. The number of nitrogens with two attached hydrogens (primary N) is 1. The molecule has 1 saturated carbocycles. The maximum atomic E-state index is 13.9. The minimum absolute atomic E-state index is 0.0202. The monoisotopic (exact) mass is 503 g/mol. The van der Waals surface area contributed by atoms with Crippen molar-refractivity contribution in [2.45, 2.75) is 50.9 Å². The largest absolute Gasteiger partial charge is 0.405 e. The molecule has 3 heterocycles. The highest BCUT2D eigenvalue weighted by molar-refractivity contribution is 6.00. The standard InChI is InChI=1S/C26H32F3N5O2/c27-26(28,29)23(30)17-33-21-9-8-20(32-11-13-36-14-12-32)15-22(21)34(16-19-7-4-10-31-24(19)33)25(35)18-5-2-1-3-6-18/h4,7-10,15,18,23H,1-3,5-6,11-14,16-17,30H2/t23-/m1/s1. The van der Waals surface area contributed by atoms with Crippen LogP contribution in [0.3, 0.4) is 0 Å². The van der Waals surface area contributed by atoms with Crippen molar-refractivity contribution in [3.63, 3.8) is 0 Å². The van der Waals surface area contributed by atoms with E-state index in [0.717, 1.165) is 37.8 Å². The van der Waals surface area contributed by atoms with Gasteiger partial charge in [-0.25, -0.2) is 4.98 Å². The van der Waals surface area contributed by atoms with Crippen molar-refractivity contribution in [1.82, 2.24) is 4.98 Å². The Balaban J connectivity index is 1.62. The lowest BCUT2D eigenvalue weighted by Crippen LogP contribution is -2.46. The van der Waals surface area contributed by atoms with E-state index < -0.39 is 18.8 Å². The zero-order valence-corrected chi connectivity index (χ0v) is 20.2. The van der Waals surface area contributed by atoms with Crippen LogP contribution >= 0.6 is 0 Å². The van der Waals surface area contributed by atoms with Crippen LogP contribution in [0.25, 0.3) is 0 Å². The van der Waals surface area contributed by atoms with Crippen molar-refractivity contribution in [2.24, 2.45) is 11.7 Å². The molecule has 3 aliphatic rings. The van der Waals surface area contributed by atoms with E-state index in [1.807, 2.05) is 18.2 Å². The van der Waals surface area contributed by atoms with Crippen LogP contribution in [0.2, 0.25) is 0 Å². The van der Waals surface area contributed by atoms with Crippen molar-refractivity contribution in [3.8, 4) is 0 Å². The first kappa shape index (κ1) is 24.8. The van der Waals surface area contributed by atoms with Gasteiger partial charge in [-0.1, -0.05) is 25.3 Å². The molecule has 1 amide bonds. The minimum Gasteiger partial charge on any atom is -0.378 e. The molecular formula is C26H32F3N5O2. The van der Waals surface area contributed by atoms with Gasteiger partial charge in [-0.2, -0.15) is 13.2 Å². The number of halogens is 3. The summed E-state index contributed by atoms with van der Waals surface area (Å²) in [5.74, 6) is 0.325. The molecule has 194 valence electrons. The number of nitrogens with zero attached hydrogens (tertiary/aromatic N) is 4. The molecule has 1 aromatic carbocycles. The van der Waals surface area contributed by atoms with E-state index >= 15 is 0 Å². The number of ether oxygens (including phenoxy) is 1. The first-order chi connectivity index (χ1) is 17.3. The fourth-order valence-electron chi connectivity index (χ4n) is 5.39. The van der Waals surface area contributed by atoms with Crippen LogP contribution in [0.1, 0.15) is 37.7 Å². The third-order valence-electron chi connectivity index (χ3n) is 7.39. The highest BCUT2D eigenvalue weighted by Crippen LogP contribution is 2.43. The molecule has 1 atom stereocenters. The molecule has 0 radical (unpaired) electrons. The molecule has 1 aliphatic carbocycles. The van der Waals surface area contributed by atoms with Gasteiger partial charge in [0.15, 0.2) is 0 Å². The predicted molar refractivity (Wildman–Crippen MR) is 133 cm³/mol. The fourth-order valence-corrected chi connectivity index (χ4v) is 5.39. The zero-order chi connectivity index (χ0) is 25.3. The van der Waals surface area contributed by atoms with Crippen molar-refractivity contribution in [2.75, 3.05) is 47.5 Å². The van der Waals surface area contributed by atoms with E-state index in [2.05, 4.69) is 9.88 Å². The summed E-state index contributed by atoms with van der Waals surface area (Å²) in [6, 6.07) is 7.13. The van der Waals surface area contributed by atoms with E-state index in [4.69, 9.17) is 10.5 Å². The van der Waals surface area contributed by atoms with Crippen molar-refractivity contribution in [3.05, 3.63) is 42.1 Å². The molecule has 2 N–H and O–H groups in total. The summed E-state index contributed by atoms with van der Waals surface area (Å²) in [4.78, 5) is 23.8. The van der Waals surface area contributed by atoms with Gasteiger partial charge in [0.05, 0.1) is 31.1 Å². The molecule has 0 unspecified atom stereocenters. The number of amides is 1. The van der Waals surface area contributed by atoms with Crippen LogP contribution in [0.15, 0.2) is 36.5 Å². The summed E-state index contributed by atoms with van der Waals surface area (Å²) in [7, 11) is 0. The van der Waals surface area contributed by atoms with E-state index in [-0.39, 0.29) is 18.4 Å². The third kappa shape index (κ3) is 5.01. The summed E-state index contributed by atoms with van der Waals surface area (Å²) >= 11 is 0. The fraction of sp³-hybridized carbons (Fsp3) is 0.538. The second-order valence-electron chi connectivity index (χ2n) is 9.78. The van der Waals surface area contributed by atoms with E-state index in [0.29, 0.717) is 49.1 Å². The number of benzene rings is 1. The lowest BCUT2D eigenvalue weighted by atomic mass is 9.88. The first-order valence-electron chi connectivity index (χ1n) is 12.6. The highest BCUT2D eigenvalue weighted by atomic mass is 19.4. The van der Waals surface area contributed by atoms with Gasteiger partial charge in [-0.3, -0.25) is 4.79 Å². The van der Waals surface area contributed by atoms with Gasteiger partial charge in [-0.05, 0) is 37.1 Å². The Morgan fingerprint density at radius 1 is 1.11 bits per heavy atom. The van der Waals surface area contributed by atoms with Gasteiger partial charge in [0.25, 0.3) is 0 Å². The second-order valence-corrected chi connectivity index (χ2v) is 9.78. The molecule has 36 heavy (non-hydrogen) atoms. The molecule has 7 nitrogen and oxygen atoms in total. The van der Waals surface area contributed by atoms with Gasteiger partial charge in [0.1, 0.15) is 11.9 Å². The number of fused-ring (bicyclic) bond motifs is 2. The normalized spacial score (nSPS) is 19.9. The van der Waals surface area contributed by atoms with Gasteiger partial charge in [-0.15, -0.1) is 0 Å². The van der Waals surface area contributed by atoms with Crippen LogP contribution in [0.5, 0.6) is 0 Å². The summed E-state index contributed by atoms with van der Waals surface area (Å²) < 4.78 is 46.2. The molecule has 2 aromatic rings. The Morgan fingerprint density at radius 3 is 2.58 bits per heavy atom. The number of rotatable bonds is 4. The number of alkyl halides is 3. The molecule has 1 saturated heterocycles. The highest BCUT2D eigenvalue weighted by Gasteiger charge is 2.40. The molecular weight excluding hydrogens is 471 g/mol. The quantitative estimate of drug-likeness (QED) is 0.668. The van der Waals surface area contributed by atoms with Crippen LogP contribution in [-0.4, -0.2) is 56.0 Å². The molecule has 2 aliphatic heterocycles. The number of morpholine rings is 1. The topological polar surface area (TPSA) is 74.9 Å². The van der Waals surface area contributed by atoms with Gasteiger partial charge >= 0.3 is 6.18 Å². The van der Waals surface area contributed by atoms with Gasteiger partial charge < -0.3 is 25.2 Å². The number of anilines is 4. The Hall–Kier alpha value is -2.85. The third-order valence-corrected chi connectivity index (χ3v) is 7.39. The molecule has 5 rings (SSSR count). The minimum atomic E-state index is -4.56. The Labute approximate surface area is 209 Å². The number of carbonyl (C=O) groups excluding carboxylic acids is 1. The average molecular weight is 504 g/mol. The number of hydrogen-bond donors (Lipinski definition) is 1. The van der Waals surface area contributed by atoms with E-state index in [1.54, 1.807) is 23.2 Å². The average Bonchev–Trinajstić information content (AvgIpc) is 3.03. The first-order valence-corrected chi connectivity index (χ1v) is 12.6. The van der Waals surface area contributed by atoms with Crippen LogP contribution < -0.4 is 20.4 Å². The summed E-state index contributed by atoms with van der Waals surface area (Å²) in [5, 5.41) is 0. The Morgan fingerprint density at radius 2 is 1.86 bits per heavy atom. The summed E-state index contributed by atoms with van der Waals surface area (Å²) in [6.07, 6.45) is 1.80. The van der Waals surface area contributed by atoms with Crippen LogP contribution in [0.4, 0.5) is 36.1 Å². The summed E-state index contributed by atoms with van der Waals surface area (Å²) in [5.41, 5.74) is 8.32. The van der Waals surface area contributed by atoms with Gasteiger partial charge in [0, 0.05) is 43.0 Å². The predicted octanol–water partition coefficient (Wildman–Crippen LogP) is 4.37. The van der Waals surface area contributed by atoms with E-state index in [1.165, 1.54) is 4.90 Å². The smallest absolute Gasteiger partial charge is 0.378 e.